The lowest BCUT2D eigenvalue weighted by atomic mass is 9.53. The van der Waals surface area contributed by atoms with Gasteiger partial charge in [-0.05, 0) is 24.5 Å². The van der Waals surface area contributed by atoms with E-state index in [9.17, 15) is 10.4 Å². The molecule has 1 spiro atoms. The van der Waals surface area contributed by atoms with Crippen molar-refractivity contribution in [1.82, 2.24) is 4.90 Å². The van der Waals surface area contributed by atoms with E-state index in [1.165, 1.54) is 11.1 Å². The van der Waals surface area contributed by atoms with Gasteiger partial charge in [0.25, 0.3) is 0 Å². The van der Waals surface area contributed by atoms with Crippen LogP contribution in [0.4, 0.5) is 0 Å². The lowest BCUT2D eigenvalue weighted by Gasteiger charge is -2.55. The van der Waals surface area contributed by atoms with Gasteiger partial charge in [-0.15, -0.1) is 0 Å². The highest BCUT2D eigenvalue weighted by molar-refractivity contribution is 9.10. The number of hydrogen-bond donors (Lipinski definition) is 1. The SMILES string of the molecule is COc1cc(Br)c2c3c1O[C@H]1[C@@H](O)C=C[C@H]4C(C2)N(C#N)CCC341. The molecule has 5 atom stereocenters. The molecule has 6 heteroatoms. The molecule has 2 bridgehead atoms. The fourth-order valence-electron chi connectivity index (χ4n) is 5.36. The molecule has 0 saturated carbocycles. The second-order valence-electron chi connectivity index (χ2n) is 7.04. The Morgan fingerprint density at radius 2 is 2.33 bits per heavy atom. The van der Waals surface area contributed by atoms with E-state index in [1.807, 2.05) is 17.0 Å². The lowest BCUT2D eigenvalue weighted by molar-refractivity contribution is -0.0389. The van der Waals surface area contributed by atoms with Crippen molar-refractivity contribution in [2.24, 2.45) is 5.92 Å². The van der Waals surface area contributed by atoms with Gasteiger partial charge in [0.05, 0.1) is 13.2 Å². The molecule has 1 aromatic rings. The van der Waals surface area contributed by atoms with E-state index < -0.39 is 6.10 Å². The number of aliphatic hydroxyl groups is 1. The molecule has 0 radical (unpaired) electrons. The maximum Gasteiger partial charge on any atom is 0.179 e. The van der Waals surface area contributed by atoms with E-state index in [4.69, 9.17) is 9.47 Å². The second-order valence-corrected chi connectivity index (χ2v) is 7.89. The number of methoxy groups -OCH3 is 1. The molecule has 2 aliphatic heterocycles. The number of benzene rings is 1. The minimum Gasteiger partial charge on any atom is -0.493 e. The number of piperidine rings is 1. The van der Waals surface area contributed by atoms with Crippen molar-refractivity contribution in [1.29, 1.82) is 5.26 Å². The number of rotatable bonds is 1. The molecular formula is C18H17BrN2O3. The Balaban J connectivity index is 1.84. The molecule has 4 aliphatic rings. The van der Waals surface area contributed by atoms with Crippen molar-refractivity contribution in [3.8, 4) is 17.7 Å². The predicted octanol–water partition coefficient (Wildman–Crippen LogP) is 2.11. The summed E-state index contributed by atoms with van der Waals surface area (Å²) >= 11 is 3.69. The van der Waals surface area contributed by atoms with Gasteiger partial charge in [0.15, 0.2) is 17.7 Å². The Morgan fingerprint density at radius 1 is 1.50 bits per heavy atom. The molecule has 1 fully saturated rings. The molecule has 1 N–H and O–H groups in total. The predicted molar refractivity (Wildman–Crippen MR) is 89.9 cm³/mol. The molecule has 5 rings (SSSR count). The first-order chi connectivity index (χ1) is 11.6. The molecule has 2 unspecified atom stereocenters. The topological polar surface area (TPSA) is 65.7 Å². The minimum absolute atomic E-state index is 0.113. The van der Waals surface area contributed by atoms with Crippen LogP contribution in [0.15, 0.2) is 22.7 Å². The van der Waals surface area contributed by atoms with Crippen molar-refractivity contribution in [2.45, 2.75) is 36.5 Å². The Labute approximate surface area is 148 Å². The average molecular weight is 389 g/mol. The zero-order valence-electron chi connectivity index (χ0n) is 13.2. The van der Waals surface area contributed by atoms with Gasteiger partial charge in [-0.1, -0.05) is 28.1 Å². The smallest absolute Gasteiger partial charge is 0.179 e. The summed E-state index contributed by atoms with van der Waals surface area (Å²) in [6, 6.07) is 2.05. The number of aliphatic hydroxyl groups excluding tert-OH is 1. The molecule has 24 heavy (non-hydrogen) atoms. The van der Waals surface area contributed by atoms with E-state index in [2.05, 4.69) is 28.2 Å². The molecule has 2 aliphatic carbocycles. The molecular weight excluding hydrogens is 372 g/mol. The van der Waals surface area contributed by atoms with Gasteiger partial charge < -0.3 is 19.5 Å². The standard InChI is InChI=1S/C18H17BrN2O3/c1-23-14-7-11(19)9-6-12-10-2-3-13(22)17-18(10,4-5-21(12)8-20)15(9)16(14)24-17/h2-3,7,10,12-13,17,22H,4-6H2,1H3/t10-,12?,13-,17-,18?/m0/s1. The van der Waals surface area contributed by atoms with E-state index in [1.54, 1.807) is 7.11 Å². The number of ether oxygens (including phenoxy) is 2. The van der Waals surface area contributed by atoms with Crippen LogP contribution in [0.3, 0.4) is 0 Å². The van der Waals surface area contributed by atoms with Crippen molar-refractivity contribution in [3.05, 3.63) is 33.8 Å². The zero-order valence-corrected chi connectivity index (χ0v) is 14.8. The fraction of sp³-hybridized carbons (Fsp3) is 0.500. The van der Waals surface area contributed by atoms with Gasteiger partial charge in [-0.3, -0.25) is 0 Å². The van der Waals surface area contributed by atoms with Crippen LogP contribution < -0.4 is 9.47 Å². The third-order valence-corrected chi connectivity index (χ3v) is 6.99. The van der Waals surface area contributed by atoms with Gasteiger partial charge in [0.2, 0.25) is 0 Å². The third kappa shape index (κ3) is 1.49. The highest BCUT2D eigenvalue weighted by Gasteiger charge is 2.65. The van der Waals surface area contributed by atoms with Crippen LogP contribution in [0.25, 0.3) is 0 Å². The number of likely N-dealkylation sites (tertiary alicyclic amines) is 1. The van der Waals surface area contributed by atoms with Crippen LogP contribution in [0.5, 0.6) is 11.5 Å². The Bertz CT molecular complexity index is 817. The number of nitriles is 1. The summed E-state index contributed by atoms with van der Waals surface area (Å²) in [7, 11) is 1.64. The largest absolute Gasteiger partial charge is 0.493 e. The van der Waals surface area contributed by atoms with Gasteiger partial charge in [-0.2, -0.15) is 5.26 Å². The molecule has 0 amide bonds. The highest BCUT2D eigenvalue weighted by Crippen LogP contribution is 2.63. The normalized spacial score (nSPS) is 37.5. The van der Waals surface area contributed by atoms with Gasteiger partial charge in [0, 0.05) is 27.9 Å². The molecule has 1 aromatic carbocycles. The summed E-state index contributed by atoms with van der Waals surface area (Å²) in [5, 5.41) is 20.2. The quantitative estimate of drug-likeness (QED) is 0.589. The minimum atomic E-state index is -0.641. The molecule has 0 aromatic heterocycles. The van der Waals surface area contributed by atoms with Crippen LogP contribution >= 0.6 is 15.9 Å². The lowest BCUT2D eigenvalue weighted by Crippen LogP contribution is -2.64. The monoisotopic (exact) mass is 388 g/mol. The Hall–Kier alpha value is -1.71. The molecule has 1 saturated heterocycles. The van der Waals surface area contributed by atoms with E-state index in [0.29, 0.717) is 12.3 Å². The van der Waals surface area contributed by atoms with Crippen molar-refractivity contribution >= 4 is 15.9 Å². The zero-order chi connectivity index (χ0) is 16.6. The average Bonchev–Trinajstić information content (AvgIpc) is 2.92. The van der Waals surface area contributed by atoms with E-state index in [0.717, 1.165) is 23.1 Å². The van der Waals surface area contributed by atoms with Gasteiger partial charge >= 0.3 is 0 Å². The molecule has 124 valence electrons. The summed E-state index contributed by atoms with van der Waals surface area (Å²) in [6.07, 6.45) is 6.94. The first-order valence-corrected chi connectivity index (χ1v) is 9.00. The Kier molecular flexibility index (Phi) is 2.85. The summed E-state index contributed by atoms with van der Waals surface area (Å²) in [6.45, 7) is 0.700. The van der Waals surface area contributed by atoms with Crippen LogP contribution in [0.2, 0.25) is 0 Å². The number of hydrogen-bond acceptors (Lipinski definition) is 5. The van der Waals surface area contributed by atoms with Crippen LogP contribution in [0, 0.1) is 17.4 Å². The van der Waals surface area contributed by atoms with Crippen LogP contribution in [0.1, 0.15) is 17.5 Å². The maximum absolute atomic E-state index is 10.6. The summed E-state index contributed by atoms with van der Waals surface area (Å²) in [5.74, 6) is 1.65. The van der Waals surface area contributed by atoms with E-state index in [-0.39, 0.29) is 23.5 Å². The van der Waals surface area contributed by atoms with Crippen molar-refractivity contribution < 1.29 is 14.6 Å². The van der Waals surface area contributed by atoms with Gasteiger partial charge in [0.1, 0.15) is 12.2 Å². The third-order valence-electron chi connectivity index (χ3n) is 6.28. The Morgan fingerprint density at radius 3 is 3.08 bits per heavy atom. The first-order valence-electron chi connectivity index (χ1n) is 8.21. The molecule has 2 heterocycles. The van der Waals surface area contributed by atoms with Crippen molar-refractivity contribution in [3.63, 3.8) is 0 Å². The second kappa shape index (κ2) is 4.68. The highest BCUT2D eigenvalue weighted by atomic mass is 79.9. The molecule has 5 nitrogen and oxygen atoms in total. The van der Waals surface area contributed by atoms with Crippen LogP contribution in [-0.4, -0.2) is 41.9 Å². The number of halogens is 1. The number of nitrogens with zero attached hydrogens (tertiary/aromatic N) is 2. The van der Waals surface area contributed by atoms with Crippen LogP contribution in [-0.2, 0) is 11.8 Å². The van der Waals surface area contributed by atoms with E-state index >= 15 is 0 Å². The first kappa shape index (κ1) is 14.6. The summed E-state index contributed by atoms with van der Waals surface area (Å²) in [4.78, 5) is 1.90. The maximum atomic E-state index is 10.6. The summed E-state index contributed by atoms with van der Waals surface area (Å²) < 4.78 is 12.8. The summed E-state index contributed by atoms with van der Waals surface area (Å²) in [5.41, 5.74) is 2.10. The van der Waals surface area contributed by atoms with Gasteiger partial charge in [-0.25, -0.2) is 0 Å². The fourth-order valence-corrected chi connectivity index (χ4v) is 5.93. The van der Waals surface area contributed by atoms with Crippen molar-refractivity contribution in [2.75, 3.05) is 13.7 Å².